The fraction of sp³-hybridized carbons (Fsp3) is 0.357. The van der Waals surface area contributed by atoms with Crippen LogP contribution in [0.3, 0.4) is 0 Å². The Kier molecular flexibility index (Phi) is 6.26. The average Bonchev–Trinajstić information content (AvgIpc) is 3.36. The summed E-state index contributed by atoms with van der Waals surface area (Å²) in [6.07, 6.45) is -0.803. The zero-order valence-electron chi connectivity index (χ0n) is 18.9. The number of fused-ring (bicyclic) bond motifs is 1. The van der Waals surface area contributed by atoms with Gasteiger partial charge in [-0.2, -0.15) is 13.2 Å². The molecule has 2 aliphatic heterocycles. The van der Waals surface area contributed by atoms with Gasteiger partial charge in [0.1, 0.15) is 11.5 Å². The predicted octanol–water partition coefficient (Wildman–Crippen LogP) is 6.36. The minimum atomic E-state index is -4.37. The maximum absolute atomic E-state index is 13.1. The first-order chi connectivity index (χ1) is 16.4. The lowest BCUT2D eigenvalue weighted by Crippen LogP contribution is -2.25. The highest BCUT2D eigenvalue weighted by atomic mass is 19.4. The van der Waals surface area contributed by atoms with E-state index in [0.717, 1.165) is 41.8 Å². The van der Waals surface area contributed by atoms with E-state index in [4.69, 9.17) is 4.74 Å². The van der Waals surface area contributed by atoms with Crippen LogP contribution in [0.4, 0.5) is 13.2 Å². The van der Waals surface area contributed by atoms with Crippen LogP contribution in [0, 0.1) is 0 Å². The van der Waals surface area contributed by atoms with Crippen LogP contribution in [-0.2, 0) is 12.6 Å². The molecule has 1 saturated heterocycles. The number of nitrogens with zero attached hydrogens (tertiary/aromatic N) is 1. The monoisotopic (exact) mass is 467 g/mol. The van der Waals surface area contributed by atoms with E-state index < -0.39 is 11.7 Å². The molecule has 34 heavy (non-hydrogen) atoms. The van der Waals surface area contributed by atoms with Gasteiger partial charge in [-0.1, -0.05) is 42.5 Å². The molecule has 2 heterocycles. The summed E-state index contributed by atoms with van der Waals surface area (Å²) in [4.78, 5) is 2.50. The molecule has 0 bridgehead atoms. The molecule has 2 unspecified atom stereocenters. The van der Waals surface area contributed by atoms with E-state index in [2.05, 4.69) is 29.2 Å². The number of likely N-dealkylation sites (tertiary alicyclic amines) is 1. The number of halogens is 3. The molecule has 0 aromatic heterocycles. The van der Waals surface area contributed by atoms with Gasteiger partial charge in [-0.3, -0.25) is 0 Å². The summed E-state index contributed by atoms with van der Waals surface area (Å²) in [7, 11) is 0. The number of phenolic OH excluding ortho intramolecular Hbond substituents is 1. The Hall–Kier alpha value is -2.99. The van der Waals surface area contributed by atoms with Gasteiger partial charge >= 0.3 is 6.18 Å². The van der Waals surface area contributed by atoms with Gasteiger partial charge in [0.2, 0.25) is 0 Å². The van der Waals surface area contributed by atoms with Crippen LogP contribution in [0.2, 0.25) is 0 Å². The quantitative estimate of drug-likeness (QED) is 0.474. The lowest BCUT2D eigenvalue weighted by atomic mass is 9.75. The highest BCUT2D eigenvalue weighted by Crippen LogP contribution is 2.47. The molecule has 2 atom stereocenters. The second-order valence-electron chi connectivity index (χ2n) is 9.28. The number of hydrogen-bond acceptors (Lipinski definition) is 3. The van der Waals surface area contributed by atoms with Crippen molar-refractivity contribution in [3.05, 3.63) is 94.5 Å². The maximum Gasteiger partial charge on any atom is 0.416 e. The van der Waals surface area contributed by atoms with Gasteiger partial charge in [0, 0.05) is 30.0 Å². The highest BCUT2D eigenvalue weighted by molar-refractivity contribution is 5.50. The minimum Gasteiger partial charge on any atom is -0.508 e. The molecule has 3 aromatic carbocycles. The number of alkyl halides is 3. The number of rotatable bonds is 5. The molecule has 1 N–H and O–H groups in total. The van der Waals surface area contributed by atoms with Gasteiger partial charge < -0.3 is 14.7 Å². The van der Waals surface area contributed by atoms with Crippen molar-refractivity contribution < 1.29 is 23.0 Å². The molecule has 0 saturated carbocycles. The van der Waals surface area contributed by atoms with E-state index >= 15 is 0 Å². The Morgan fingerprint density at radius 2 is 1.56 bits per heavy atom. The Labute approximate surface area is 197 Å². The molecule has 0 aliphatic carbocycles. The van der Waals surface area contributed by atoms with Crippen LogP contribution in [0.25, 0.3) is 0 Å². The Bertz CT molecular complexity index is 1120. The maximum atomic E-state index is 13.1. The first-order valence-corrected chi connectivity index (χ1v) is 11.8. The zero-order valence-corrected chi connectivity index (χ0v) is 18.9. The number of hydrogen-bond donors (Lipinski definition) is 1. The van der Waals surface area contributed by atoms with Crippen LogP contribution in [0.1, 0.15) is 52.5 Å². The van der Waals surface area contributed by atoms with E-state index in [0.29, 0.717) is 12.4 Å². The summed E-state index contributed by atoms with van der Waals surface area (Å²) >= 11 is 0. The largest absolute Gasteiger partial charge is 0.508 e. The minimum absolute atomic E-state index is 0.0891. The van der Waals surface area contributed by atoms with E-state index in [1.807, 2.05) is 6.07 Å². The Balaban J connectivity index is 1.44. The third kappa shape index (κ3) is 4.78. The van der Waals surface area contributed by atoms with E-state index in [1.54, 1.807) is 24.3 Å². The molecule has 3 nitrogen and oxygen atoms in total. The average molecular weight is 468 g/mol. The summed E-state index contributed by atoms with van der Waals surface area (Å²) in [5.74, 6) is 0.512. The molecule has 0 amide bonds. The number of phenols is 1. The van der Waals surface area contributed by atoms with Crippen molar-refractivity contribution in [3.8, 4) is 11.5 Å². The summed E-state index contributed by atoms with van der Waals surface area (Å²) in [6.45, 7) is 3.74. The molecule has 6 heteroatoms. The van der Waals surface area contributed by atoms with Crippen LogP contribution in [0.15, 0.2) is 66.7 Å². The lowest BCUT2D eigenvalue weighted by Gasteiger charge is -2.34. The summed E-state index contributed by atoms with van der Waals surface area (Å²) in [5, 5.41) is 9.93. The van der Waals surface area contributed by atoms with Crippen molar-refractivity contribution in [2.75, 3.05) is 26.2 Å². The van der Waals surface area contributed by atoms with Crippen molar-refractivity contribution >= 4 is 0 Å². The van der Waals surface area contributed by atoms with Crippen LogP contribution in [0.5, 0.6) is 11.5 Å². The van der Waals surface area contributed by atoms with Gasteiger partial charge in [-0.25, -0.2) is 0 Å². The van der Waals surface area contributed by atoms with Crippen molar-refractivity contribution in [3.63, 3.8) is 0 Å². The van der Waals surface area contributed by atoms with Gasteiger partial charge in [-0.15, -0.1) is 0 Å². The highest BCUT2D eigenvalue weighted by Gasteiger charge is 2.35. The first kappa shape index (κ1) is 22.8. The smallest absolute Gasteiger partial charge is 0.416 e. The van der Waals surface area contributed by atoms with Crippen molar-refractivity contribution in [2.45, 2.75) is 37.3 Å². The van der Waals surface area contributed by atoms with Gasteiger partial charge in [0.25, 0.3) is 0 Å². The standard InChI is InChI=1S/C28H28F3NO2/c29-28(30,31)22-9-7-20(8-10-22)25-18-34-26-17-23(33)11-12-24(26)27(25)21-5-3-19(4-6-21)13-16-32-14-1-2-15-32/h3-12,17,25,27,33H,1-2,13-16,18H2. The fourth-order valence-corrected chi connectivity index (χ4v) is 5.20. The topological polar surface area (TPSA) is 32.7 Å². The zero-order chi connectivity index (χ0) is 23.7. The molecule has 2 aliphatic rings. The molecular weight excluding hydrogens is 439 g/mol. The number of aromatic hydroxyl groups is 1. The van der Waals surface area contributed by atoms with E-state index in [9.17, 15) is 18.3 Å². The SMILES string of the molecule is Oc1ccc2c(c1)OCC(c1ccc(C(F)(F)F)cc1)C2c1ccc(CCN2CCCC2)cc1. The fourth-order valence-electron chi connectivity index (χ4n) is 5.20. The van der Waals surface area contributed by atoms with Crippen molar-refractivity contribution in [1.29, 1.82) is 0 Å². The third-order valence-corrected chi connectivity index (χ3v) is 7.07. The van der Waals surface area contributed by atoms with Gasteiger partial charge in [-0.05, 0) is 67.2 Å². The molecule has 178 valence electrons. The Morgan fingerprint density at radius 1 is 0.882 bits per heavy atom. The van der Waals surface area contributed by atoms with Crippen LogP contribution in [-0.4, -0.2) is 36.2 Å². The molecule has 0 radical (unpaired) electrons. The summed E-state index contributed by atoms with van der Waals surface area (Å²) < 4.78 is 45.2. The molecule has 3 aromatic rings. The van der Waals surface area contributed by atoms with Gasteiger partial charge in [0.05, 0.1) is 12.2 Å². The first-order valence-electron chi connectivity index (χ1n) is 11.8. The Morgan fingerprint density at radius 3 is 2.24 bits per heavy atom. The second kappa shape index (κ2) is 9.34. The van der Waals surface area contributed by atoms with Gasteiger partial charge in [0.15, 0.2) is 0 Å². The number of ether oxygens (including phenoxy) is 1. The van der Waals surface area contributed by atoms with E-state index in [1.165, 1.54) is 31.5 Å². The summed E-state index contributed by atoms with van der Waals surface area (Å²) in [6, 6.07) is 19.1. The molecule has 5 rings (SSSR count). The van der Waals surface area contributed by atoms with E-state index in [-0.39, 0.29) is 17.6 Å². The van der Waals surface area contributed by atoms with Crippen molar-refractivity contribution in [2.24, 2.45) is 0 Å². The normalized spacial score (nSPS) is 20.7. The van der Waals surface area contributed by atoms with Crippen molar-refractivity contribution in [1.82, 2.24) is 4.90 Å². The molecule has 0 spiro atoms. The molecular formula is C28H28F3NO2. The molecule has 1 fully saturated rings. The van der Waals surface area contributed by atoms with Crippen LogP contribution >= 0.6 is 0 Å². The lowest BCUT2D eigenvalue weighted by molar-refractivity contribution is -0.137. The number of benzene rings is 3. The summed E-state index contributed by atoms with van der Waals surface area (Å²) in [5.41, 5.74) is 3.44. The van der Waals surface area contributed by atoms with Crippen LogP contribution < -0.4 is 4.74 Å². The second-order valence-corrected chi connectivity index (χ2v) is 9.28. The third-order valence-electron chi connectivity index (χ3n) is 7.07. The predicted molar refractivity (Wildman–Crippen MR) is 125 cm³/mol.